The van der Waals surface area contributed by atoms with Gasteiger partial charge in [-0.3, -0.25) is 14.5 Å². The molecule has 0 aliphatic carbocycles. The van der Waals surface area contributed by atoms with Gasteiger partial charge < -0.3 is 14.8 Å². The molecule has 1 unspecified atom stereocenters. The fraction of sp³-hybridized carbons (Fsp3) is 0.263. The van der Waals surface area contributed by atoms with Gasteiger partial charge in [0.05, 0.1) is 14.2 Å². The molecule has 3 rings (SSSR count). The molecule has 2 aromatic rings. The fourth-order valence-corrected chi connectivity index (χ4v) is 3.12. The number of rotatable bonds is 4. The van der Waals surface area contributed by atoms with Gasteiger partial charge in [-0.25, -0.2) is 0 Å². The molecule has 130 valence electrons. The number of hydrogen-bond acceptors (Lipinski definition) is 4. The van der Waals surface area contributed by atoms with Gasteiger partial charge in [0.25, 0.3) is 5.91 Å². The maximum absolute atomic E-state index is 13.2. The van der Waals surface area contributed by atoms with E-state index in [0.717, 1.165) is 11.3 Å². The van der Waals surface area contributed by atoms with Gasteiger partial charge in [0, 0.05) is 24.7 Å². The lowest BCUT2D eigenvalue weighted by molar-refractivity contribution is -0.121. The lowest BCUT2D eigenvalue weighted by atomic mass is 10.1. The maximum Gasteiger partial charge on any atom is 0.259 e. The van der Waals surface area contributed by atoms with Crippen LogP contribution in [0.15, 0.2) is 42.5 Å². The number of likely N-dealkylation sites (N-methyl/N-ethyl adjacent to an activating group) is 1. The van der Waals surface area contributed by atoms with Crippen LogP contribution >= 0.6 is 0 Å². The first-order valence-electron chi connectivity index (χ1n) is 7.95. The zero-order chi connectivity index (χ0) is 18.0. The zero-order valence-corrected chi connectivity index (χ0v) is 14.4. The third-order valence-corrected chi connectivity index (χ3v) is 4.37. The van der Waals surface area contributed by atoms with E-state index in [0.29, 0.717) is 23.5 Å². The standard InChI is InChI=1S/C19H20N2O4/c1-20-18(22)15-10-12-6-4-5-7-14(12)21(15)19(23)13-8-9-16(24-2)17(11-13)25-3/h4-9,11,15H,10H2,1-3H3,(H,20,22). The summed E-state index contributed by atoms with van der Waals surface area (Å²) >= 11 is 0. The molecule has 0 saturated heterocycles. The van der Waals surface area contributed by atoms with Crippen molar-refractivity contribution in [3.63, 3.8) is 0 Å². The van der Waals surface area contributed by atoms with Crippen LogP contribution in [0.2, 0.25) is 0 Å². The van der Waals surface area contributed by atoms with Crippen molar-refractivity contribution < 1.29 is 19.1 Å². The van der Waals surface area contributed by atoms with Crippen molar-refractivity contribution >= 4 is 17.5 Å². The lowest BCUT2D eigenvalue weighted by Crippen LogP contribution is -2.47. The first-order chi connectivity index (χ1) is 12.1. The quantitative estimate of drug-likeness (QED) is 0.925. The highest BCUT2D eigenvalue weighted by Crippen LogP contribution is 2.35. The molecule has 1 atom stereocenters. The normalized spacial score (nSPS) is 15.5. The molecule has 0 spiro atoms. The van der Waals surface area contributed by atoms with Crippen LogP contribution < -0.4 is 19.7 Å². The Bertz CT molecular complexity index is 819. The summed E-state index contributed by atoms with van der Waals surface area (Å²) in [4.78, 5) is 27.0. The number of nitrogens with one attached hydrogen (secondary N) is 1. The number of methoxy groups -OCH3 is 2. The molecule has 1 aliphatic heterocycles. The minimum absolute atomic E-state index is 0.190. The average molecular weight is 340 g/mol. The van der Waals surface area contributed by atoms with Crippen LogP contribution in [-0.4, -0.2) is 39.1 Å². The topological polar surface area (TPSA) is 67.9 Å². The third kappa shape index (κ3) is 2.91. The Kier molecular flexibility index (Phi) is 4.61. The number of amides is 2. The van der Waals surface area contributed by atoms with Gasteiger partial charge in [0.2, 0.25) is 5.91 Å². The summed E-state index contributed by atoms with van der Waals surface area (Å²) in [7, 11) is 4.63. The number of carbonyl (C=O) groups excluding carboxylic acids is 2. The first kappa shape index (κ1) is 16.8. The highest BCUT2D eigenvalue weighted by atomic mass is 16.5. The van der Waals surface area contributed by atoms with Gasteiger partial charge in [-0.1, -0.05) is 18.2 Å². The smallest absolute Gasteiger partial charge is 0.259 e. The van der Waals surface area contributed by atoms with E-state index in [1.54, 1.807) is 30.1 Å². The van der Waals surface area contributed by atoms with Crippen LogP contribution in [0.25, 0.3) is 0 Å². The molecule has 1 aliphatic rings. The molecule has 6 heteroatoms. The van der Waals surface area contributed by atoms with E-state index < -0.39 is 6.04 Å². The second-order valence-corrected chi connectivity index (χ2v) is 5.71. The first-order valence-corrected chi connectivity index (χ1v) is 7.95. The predicted octanol–water partition coefficient (Wildman–Crippen LogP) is 2.02. The number of ether oxygens (including phenoxy) is 2. The van der Waals surface area contributed by atoms with Crippen LogP contribution in [0.5, 0.6) is 11.5 Å². The van der Waals surface area contributed by atoms with E-state index in [1.165, 1.54) is 14.2 Å². The van der Waals surface area contributed by atoms with Crippen molar-refractivity contribution in [1.29, 1.82) is 0 Å². The number of anilines is 1. The molecule has 0 radical (unpaired) electrons. The number of carbonyl (C=O) groups is 2. The Labute approximate surface area is 146 Å². The molecule has 0 aromatic heterocycles. The van der Waals surface area contributed by atoms with Gasteiger partial charge in [-0.05, 0) is 29.8 Å². The van der Waals surface area contributed by atoms with Gasteiger partial charge in [0.1, 0.15) is 6.04 Å². The largest absolute Gasteiger partial charge is 0.493 e. The van der Waals surface area contributed by atoms with Crippen LogP contribution in [0, 0.1) is 0 Å². The van der Waals surface area contributed by atoms with Gasteiger partial charge >= 0.3 is 0 Å². The highest BCUT2D eigenvalue weighted by molar-refractivity contribution is 6.11. The van der Waals surface area contributed by atoms with Crippen molar-refractivity contribution in [2.45, 2.75) is 12.5 Å². The average Bonchev–Trinajstić information content (AvgIpc) is 3.05. The van der Waals surface area contributed by atoms with E-state index in [1.807, 2.05) is 24.3 Å². The molecule has 0 bridgehead atoms. The van der Waals surface area contributed by atoms with Crippen molar-refractivity contribution in [2.24, 2.45) is 0 Å². The summed E-state index contributed by atoms with van der Waals surface area (Å²) in [5, 5.41) is 2.64. The van der Waals surface area contributed by atoms with Crippen LogP contribution in [0.4, 0.5) is 5.69 Å². The summed E-state index contributed by atoms with van der Waals surface area (Å²) < 4.78 is 10.5. The summed E-state index contributed by atoms with van der Waals surface area (Å²) in [6.07, 6.45) is 0.495. The zero-order valence-electron chi connectivity index (χ0n) is 14.4. The molecule has 1 N–H and O–H groups in total. The molecule has 2 amide bonds. The van der Waals surface area contributed by atoms with E-state index in [9.17, 15) is 9.59 Å². The van der Waals surface area contributed by atoms with E-state index >= 15 is 0 Å². The van der Waals surface area contributed by atoms with Gasteiger partial charge in [0.15, 0.2) is 11.5 Å². The molecular formula is C19H20N2O4. The minimum Gasteiger partial charge on any atom is -0.493 e. The second-order valence-electron chi connectivity index (χ2n) is 5.71. The molecule has 0 fully saturated rings. The monoisotopic (exact) mass is 340 g/mol. The van der Waals surface area contributed by atoms with E-state index in [2.05, 4.69) is 5.32 Å². The second kappa shape index (κ2) is 6.84. The molecule has 1 heterocycles. The lowest BCUT2D eigenvalue weighted by Gasteiger charge is -2.24. The Hall–Kier alpha value is -3.02. The number of nitrogens with zero attached hydrogens (tertiary/aromatic N) is 1. The maximum atomic E-state index is 13.2. The Morgan fingerprint density at radius 2 is 1.80 bits per heavy atom. The van der Waals surface area contributed by atoms with E-state index in [4.69, 9.17) is 9.47 Å². The number of fused-ring (bicyclic) bond motifs is 1. The Morgan fingerprint density at radius 3 is 2.48 bits per heavy atom. The fourth-order valence-electron chi connectivity index (χ4n) is 3.12. The van der Waals surface area contributed by atoms with Crippen LogP contribution in [-0.2, 0) is 11.2 Å². The van der Waals surface area contributed by atoms with Crippen molar-refractivity contribution in [3.05, 3.63) is 53.6 Å². The van der Waals surface area contributed by atoms with Crippen molar-refractivity contribution in [3.8, 4) is 11.5 Å². The van der Waals surface area contributed by atoms with Crippen LogP contribution in [0.1, 0.15) is 15.9 Å². The molecule has 25 heavy (non-hydrogen) atoms. The summed E-state index contributed by atoms with van der Waals surface area (Å²) in [6.45, 7) is 0. The molecule has 2 aromatic carbocycles. The Balaban J connectivity index is 2.03. The van der Waals surface area contributed by atoms with Crippen molar-refractivity contribution in [1.82, 2.24) is 5.32 Å². The molecule has 6 nitrogen and oxygen atoms in total. The predicted molar refractivity (Wildman–Crippen MR) is 94.4 cm³/mol. The third-order valence-electron chi connectivity index (χ3n) is 4.37. The molecular weight excluding hydrogens is 320 g/mol. The highest BCUT2D eigenvalue weighted by Gasteiger charge is 2.38. The van der Waals surface area contributed by atoms with E-state index in [-0.39, 0.29) is 11.8 Å². The van der Waals surface area contributed by atoms with Gasteiger partial charge in [-0.2, -0.15) is 0 Å². The van der Waals surface area contributed by atoms with Gasteiger partial charge in [-0.15, -0.1) is 0 Å². The van der Waals surface area contributed by atoms with Crippen LogP contribution in [0.3, 0.4) is 0 Å². The number of benzene rings is 2. The molecule has 0 saturated carbocycles. The summed E-state index contributed by atoms with van der Waals surface area (Å²) in [5.74, 6) is 0.575. The number of hydrogen-bond donors (Lipinski definition) is 1. The number of para-hydroxylation sites is 1. The summed E-state index contributed by atoms with van der Waals surface area (Å²) in [5.41, 5.74) is 2.17. The SMILES string of the molecule is CNC(=O)C1Cc2ccccc2N1C(=O)c1ccc(OC)c(OC)c1. The Morgan fingerprint density at radius 1 is 1.08 bits per heavy atom. The van der Waals surface area contributed by atoms with Crippen molar-refractivity contribution in [2.75, 3.05) is 26.2 Å². The summed E-state index contributed by atoms with van der Waals surface area (Å²) in [6, 6.07) is 12.0. The minimum atomic E-state index is -0.567.